The van der Waals surface area contributed by atoms with Gasteiger partial charge in [0.25, 0.3) is 0 Å². The first-order chi connectivity index (χ1) is 7.19. The summed E-state index contributed by atoms with van der Waals surface area (Å²) in [5.74, 6) is 0.0390. The van der Waals surface area contributed by atoms with E-state index in [0.717, 1.165) is 19.4 Å². The van der Waals surface area contributed by atoms with Gasteiger partial charge in [0.1, 0.15) is 0 Å². The molecule has 1 fully saturated rings. The zero-order chi connectivity index (χ0) is 11.3. The topological polar surface area (TPSA) is 61.8 Å². The van der Waals surface area contributed by atoms with Crippen molar-refractivity contribution >= 4 is 5.91 Å². The van der Waals surface area contributed by atoms with Crippen LogP contribution in [0.5, 0.6) is 0 Å². The Labute approximate surface area is 90.4 Å². The van der Waals surface area contributed by atoms with Crippen molar-refractivity contribution in [3.8, 4) is 0 Å². The highest BCUT2D eigenvalue weighted by molar-refractivity contribution is 5.81. The maximum Gasteiger partial charge on any atom is 0.237 e. The van der Waals surface area contributed by atoms with Gasteiger partial charge >= 0.3 is 0 Å². The fraction of sp³-hybridized carbons (Fsp3) is 0.900. The molecule has 0 spiro atoms. The fourth-order valence-electron chi connectivity index (χ4n) is 2.02. The second-order valence-corrected chi connectivity index (χ2v) is 3.88. The number of amides is 1. The van der Waals surface area contributed by atoms with E-state index in [2.05, 4.69) is 5.32 Å². The number of likely N-dealkylation sites (N-methyl/N-ethyl adjacent to an activating group) is 1. The summed E-state index contributed by atoms with van der Waals surface area (Å²) in [6.07, 6.45) is 1.37. The van der Waals surface area contributed by atoms with Crippen LogP contribution in [0.25, 0.3) is 0 Å². The molecule has 88 valence electrons. The lowest BCUT2D eigenvalue weighted by Gasteiger charge is -2.25. The Bertz CT molecular complexity index is 211. The van der Waals surface area contributed by atoms with E-state index in [9.17, 15) is 9.90 Å². The van der Waals surface area contributed by atoms with Gasteiger partial charge in [0.05, 0.1) is 18.8 Å². The molecule has 5 nitrogen and oxygen atoms in total. The Morgan fingerprint density at radius 1 is 1.73 bits per heavy atom. The van der Waals surface area contributed by atoms with Crippen LogP contribution in [0.4, 0.5) is 0 Å². The van der Waals surface area contributed by atoms with Crippen LogP contribution in [-0.4, -0.2) is 61.9 Å². The Morgan fingerprint density at radius 3 is 3.07 bits per heavy atom. The Morgan fingerprint density at radius 2 is 2.47 bits per heavy atom. The van der Waals surface area contributed by atoms with Gasteiger partial charge < -0.3 is 15.2 Å². The summed E-state index contributed by atoms with van der Waals surface area (Å²) in [7, 11) is 3.20. The van der Waals surface area contributed by atoms with Crippen LogP contribution >= 0.6 is 0 Å². The predicted molar refractivity (Wildman–Crippen MR) is 56.5 cm³/mol. The summed E-state index contributed by atoms with van der Waals surface area (Å²) in [5, 5.41) is 12.2. The zero-order valence-corrected chi connectivity index (χ0v) is 9.40. The lowest BCUT2D eigenvalue weighted by Crippen LogP contribution is -2.45. The van der Waals surface area contributed by atoms with Crippen molar-refractivity contribution < 1.29 is 14.6 Å². The van der Waals surface area contributed by atoms with E-state index in [0.29, 0.717) is 13.2 Å². The standard InChI is InChI=1S/C10H20N2O3/c1-11-10(14)9-4-3-5-12(9)6-8(13)7-15-2/h8-9,13H,3-7H2,1-2H3,(H,11,14)/t8-,9?/m1/s1. The normalized spacial score (nSPS) is 24.1. The molecule has 0 aromatic rings. The van der Waals surface area contributed by atoms with Gasteiger partial charge in [-0.25, -0.2) is 0 Å². The average molecular weight is 216 g/mol. The van der Waals surface area contributed by atoms with E-state index in [-0.39, 0.29) is 11.9 Å². The molecule has 0 saturated carbocycles. The summed E-state index contributed by atoms with van der Waals surface area (Å²) >= 11 is 0. The lowest BCUT2D eigenvalue weighted by atomic mass is 10.2. The van der Waals surface area contributed by atoms with E-state index in [1.807, 2.05) is 4.90 Å². The molecule has 1 rings (SSSR count). The van der Waals surface area contributed by atoms with E-state index in [1.54, 1.807) is 14.2 Å². The minimum absolute atomic E-state index is 0.0390. The van der Waals surface area contributed by atoms with Crippen LogP contribution in [0.3, 0.4) is 0 Å². The van der Waals surface area contributed by atoms with E-state index in [1.165, 1.54) is 0 Å². The molecule has 5 heteroatoms. The molecule has 0 aromatic carbocycles. The number of likely N-dealkylation sites (tertiary alicyclic amines) is 1. The number of ether oxygens (including phenoxy) is 1. The van der Waals surface area contributed by atoms with Crippen LogP contribution in [0.1, 0.15) is 12.8 Å². The predicted octanol–water partition coefficient (Wildman–Crippen LogP) is -0.796. The molecule has 1 aliphatic heterocycles. The van der Waals surface area contributed by atoms with E-state index >= 15 is 0 Å². The minimum atomic E-state index is -0.514. The van der Waals surface area contributed by atoms with Gasteiger partial charge in [-0.2, -0.15) is 0 Å². The monoisotopic (exact) mass is 216 g/mol. The highest BCUT2D eigenvalue weighted by Crippen LogP contribution is 2.17. The first kappa shape index (κ1) is 12.4. The van der Waals surface area contributed by atoms with Crippen LogP contribution < -0.4 is 5.32 Å². The third kappa shape index (κ3) is 3.44. The molecule has 1 unspecified atom stereocenters. The molecule has 15 heavy (non-hydrogen) atoms. The summed E-state index contributed by atoms with van der Waals surface area (Å²) in [6.45, 7) is 1.70. The molecular formula is C10H20N2O3. The van der Waals surface area contributed by atoms with Gasteiger partial charge in [-0.1, -0.05) is 0 Å². The fourth-order valence-corrected chi connectivity index (χ4v) is 2.02. The number of nitrogens with zero attached hydrogens (tertiary/aromatic N) is 1. The molecule has 0 aromatic heterocycles. The SMILES string of the molecule is CNC(=O)C1CCCN1C[C@@H](O)COC. The van der Waals surface area contributed by atoms with Gasteiger partial charge in [0.2, 0.25) is 5.91 Å². The van der Waals surface area contributed by atoms with Gasteiger partial charge in [-0.3, -0.25) is 9.69 Å². The number of hydrogen-bond donors (Lipinski definition) is 2. The first-order valence-electron chi connectivity index (χ1n) is 5.31. The van der Waals surface area contributed by atoms with E-state index < -0.39 is 6.10 Å². The Balaban J connectivity index is 2.42. The van der Waals surface area contributed by atoms with Gasteiger partial charge in [-0.15, -0.1) is 0 Å². The van der Waals surface area contributed by atoms with Crippen LogP contribution in [0.2, 0.25) is 0 Å². The van der Waals surface area contributed by atoms with E-state index in [4.69, 9.17) is 4.74 Å². The smallest absolute Gasteiger partial charge is 0.237 e. The highest BCUT2D eigenvalue weighted by atomic mass is 16.5. The summed E-state index contributed by atoms with van der Waals surface area (Å²) < 4.78 is 4.86. The van der Waals surface area contributed by atoms with Crippen molar-refractivity contribution in [1.29, 1.82) is 0 Å². The quantitative estimate of drug-likeness (QED) is 0.632. The number of methoxy groups -OCH3 is 1. The Hall–Kier alpha value is -0.650. The lowest BCUT2D eigenvalue weighted by molar-refractivity contribution is -0.125. The molecule has 1 heterocycles. The van der Waals surface area contributed by atoms with Crippen molar-refractivity contribution in [1.82, 2.24) is 10.2 Å². The van der Waals surface area contributed by atoms with Gasteiger partial charge in [0, 0.05) is 20.7 Å². The molecule has 0 bridgehead atoms. The zero-order valence-electron chi connectivity index (χ0n) is 9.40. The maximum atomic E-state index is 11.5. The van der Waals surface area contributed by atoms with Crippen molar-refractivity contribution in [3.63, 3.8) is 0 Å². The number of nitrogens with one attached hydrogen (secondary N) is 1. The third-order valence-corrected chi connectivity index (χ3v) is 2.72. The number of rotatable bonds is 5. The number of β-amino-alcohol motifs (C(OH)–C–C–N with tert-alkyl or cyclic N) is 1. The number of aliphatic hydroxyl groups excluding tert-OH is 1. The highest BCUT2D eigenvalue weighted by Gasteiger charge is 2.30. The largest absolute Gasteiger partial charge is 0.389 e. The number of carbonyl (C=O) groups excluding carboxylic acids is 1. The molecule has 0 radical (unpaired) electrons. The summed E-state index contributed by atoms with van der Waals surface area (Å²) in [5.41, 5.74) is 0. The molecule has 2 N–H and O–H groups in total. The summed E-state index contributed by atoms with van der Waals surface area (Å²) in [4.78, 5) is 13.5. The van der Waals surface area contributed by atoms with Crippen molar-refractivity contribution in [2.24, 2.45) is 0 Å². The second-order valence-electron chi connectivity index (χ2n) is 3.88. The minimum Gasteiger partial charge on any atom is -0.389 e. The van der Waals surface area contributed by atoms with Crippen molar-refractivity contribution in [2.75, 3.05) is 33.9 Å². The maximum absolute atomic E-state index is 11.5. The van der Waals surface area contributed by atoms with Crippen molar-refractivity contribution in [3.05, 3.63) is 0 Å². The second kappa shape index (κ2) is 6.05. The van der Waals surface area contributed by atoms with Crippen LogP contribution in [-0.2, 0) is 9.53 Å². The van der Waals surface area contributed by atoms with Crippen LogP contribution in [0.15, 0.2) is 0 Å². The number of aliphatic hydroxyl groups is 1. The van der Waals surface area contributed by atoms with Crippen LogP contribution in [0, 0.1) is 0 Å². The molecular weight excluding hydrogens is 196 g/mol. The average Bonchev–Trinajstić information content (AvgIpc) is 2.65. The first-order valence-corrected chi connectivity index (χ1v) is 5.31. The molecule has 1 amide bonds. The number of hydrogen-bond acceptors (Lipinski definition) is 4. The Kier molecular flexibility index (Phi) is 5.01. The molecule has 1 saturated heterocycles. The number of carbonyl (C=O) groups is 1. The van der Waals surface area contributed by atoms with Gasteiger partial charge in [-0.05, 0) is 19.4 Å². The molecule has 1 aliphatic rings. The molecule has 0 aliphatic carbocycles. The molecule has 2 atom stereocenters. The summed E-state index contributed by atoms with van der Waals surface area (Å²) in [6, 6.07) is -0.0819. The third-order valence-electron chi connectivity index (χ3n) is 2.72. The van der Waals surface area contributed by atoms with Crippen molar-refractivity contribution in [2.45, 2.75) is 25.0 Å². The van der Waals surface area contributed by atoms with Gasteiger partial charge in [0.15, 0.2) is 0 Å².